The molecule has 4 aromatic rings. The molecule has 4 aromatic carbocycles. The first-order valence-electron chi connectivity index (χ1n) is 13.6. The summed E-state index contributed by atoms with van der Waals surface area (Å²) in [6.07, 6.45) is 7.70. The lowest BCUT2D eigenvalue weighted by atomic mass is 9.77. The Hall–Kier alpha value is -3.10. The molecule has 0 amide bonds. The van der Waals surface area contributed by atoms with Crippen molar-refractivity contribution in [2.75, 3.05) is 11.9 Å². The van der Waals surface area contributed by atoms with Crippen molar-refractivity contribution < 1.29 is 9.47 Å². The minimum absolute atomic E-state index is 0.285. The van der Waals surface area contributed by atoms with Gasteiger partial charge in [0.2, 0.25) is 0 Å². The second kappa shape index (κ2) is 12.2. The topological polar surface area (TPSA) is 42.8 Å². The van der Waals surface area contributed by atoms with Crippen molar-refractivity contribution in [2.24, 2.45) is 10.9 Å². The molecule has 0 unspecified atom stereocenters. The Labute approximate surface area is 257 Å². The lowest BCUT2D eigenvalue weighted by Gasteiger charge is -2.37. The molecule has 0 radical (unpaired) electrons. The highest BCUT2D eigenvalue weighted by atomic mass is 127. The zero-order valence-corrected chi connectivity index (χ0v) is 25.9. The van der Waals surface area contributed by atoms with E-state index in [1.807, 2.05) is 31.3 Å². The van der Waals surface area contributed by atoms with E-state index in [2.05, 4.69) is 123 Å². The zero-order chi connectivity index (χ0) is 27.5. The third-order valence-corrected chi connectivity index (χ3v) is 8.84. The fraction of sp³-hybridized carbons (Fsp3) is 0.206. The molecule has 1 N–H and O–H groups in total. The molecule has 0 aromatic heterocycles. The SMILES string of the molecule is CCOc1cc(C=Nc2ccc([C@@H]3Nc4ccccc4[C@H]4C=CC[C@H]43)cc2)cc(I)c1OCc1ccc(Br)cc1. The molecule has 4 nitrogen and oxygen atoms in total. The molecule has 1 aliphatic heterocycles. The first kappa shape index (κ1) is 27.1. The summed E-state index contributed by atoms with van der Waals surface area (Å²) < 4.78 is 14.2. The van der Waals surface area contributed by atoms with Crippen LogP contribution in [0.3, 0.4) is 0 Å². The van der Waals surface area contributed by atoms with Gasteiger partial charge < -0.3 is 14.8 Å². The Morgan fingerprint density at radius 3 is 2.60 bits per heavy atom. The van der Waals surface area contributed by atoms with E-state index in [4.69, 9.17) is 14.5 Å². The molecular weight excluding hydrogens is 675 g/mol. The molecule has 0 spiro atoms. The Morgan fingerprint density at radius 2 is 1.80 bits per heavy atom. The van der Waals surface area contributed by atoms with E-state index in [0.29, 0.717) is 25.0 Å². The summed E-state index contributed by atoms with van der Waals surface area (Å²) in [5.41, 5.74) is 6.94. The quantitative estimate of drug-likeness (QED) is 0.113. The van der Waals surface area contributed by atoms with Gasteiger partial charge in [-0.3, -0.25) is 4.99 Å². The van der Waals surface area contributed by atoms with Crippen LogP contribution in [0.15, 0.2) is 107 Å². The normalized spacial score (nSPS) is 19.2. The van der Waals surface area contributed by atoms with E-state index in [1.54, 1.807) is 0 Å². The molecule has 3 atom stereocenters. The number of rotatable bonds is 8. The van der Waals surface area contributed by atoms with Crippen LogP contribution in [0, 0.1) is 9.49 Å². The van der Waals surface area contributed by atoms with Crippen molar-refractivity contribution >= 4 is 56.1 Å². The lowest BCUT2D eigenvalue weighted by molar-refractivity contribution is 0.267. The summed E-state index contributed by atoms with van der Waals surface area (Å²) in [7, 11) is 0. The highest BCUT2D eigenvalue weighted by Crippen LogP contribution is 2.49. The summed E-state index contributed by atoms with van der Waals surface area (Å²) in [5.74, 6) is 2.50. The molecule has 2 aliphatic rings. The van der Waals surface area contributed by atoms with E-state index < -0.39 is 0 Å². The second-order valence-electron chi connectivity index (χ2n) is 10.1. The summed E-state index contributed by atoms with van der Waals surface area (Å²) in [6.45, 7) is 3.02. The number of allylic oxidation sites excluding steroid dienone is 2. The maximum atomic E-state index is 6.18. The van der Waals surface area contributed by atoms with E-state index in [9.17, 15) is 0 Å². The van der Waals surface area contributed by atoms with Crippen molar-refractivity contribution in [2.45, 2.75) is 31.9 Å². The van der Waals surface area contributed by atoms with Gasteiger partial charge in [-0.2, -0.15) is 0 Å². The number of anilines is 1. The van der Waals surface area contributed by atoms with Gasteiger partial charge >= 0.3 is 0 Å². The van der Waals surface area contributed by atoms with Crippen molar-refractivity contribution in [3.8, 4) is 11.5 Å². The van der Waals surface area contributed by atoms with Crippen LogP contribution in [0.5, 0.6) is 11.5 Å². The van der Waals surface area contributed by atoms with Crippen LogP contribution in [0.2, 0.25) is 0 Å². The van der Waals surface area contributed by atoms with Crippen LogP contribution < -0.4 is 14.8 Å². The van der Waals surface area contributed by atoms with Crippen LogP contribution >= 0.6 is 38.5 Å². The van der Waals surface area contributed by atoms with Gasteiger partial charge in [-0.25, -0.2) is 0 Å². The van der Waals surface area contributed by atoms with Gasteiger partial charge in [0.05, 0.1) is 21.9 Å². The van der Waals surface area contributed by atoms with Crippen LogP contribution in [-0.2, 0) is 6.61 Å². The fourth-order valence-electron chi connectivity index (χ4n) is 5.59. The molecule has 0 bridgehead atoms. The maximum Gasteiger partial charge on any atom is 0.175 e. The number of para-hydroxylation sites is 1. The first-order valence-corrected chi connectivity index (χ1v) is 15.5. The third-order valence-electron chi connectivity index (χ3n) is 7.52. The lowest BCUT2D eigenvalue weighted by Crippen LogP contribution is -2.28. The Bertz CT molecular complexity index is 1550. The molecular formula is C34H30BrIN2O2. The van der Waals surface area contributed by atoms with E-state index in [0.717, 1.165) is 42.8 Å². The maximum absolute atomic E-state index is 6.18. The highest BCUT2D eigenvalue weighted by molar-refractivity contribution is 14.1. The van der Waals surface area contributed by atoms with Crippen LogP contribution in [0.4, 0.5) is 11.4 Å². The number of fused-ring (bicyclic) bond motifs is 3. The zero-order valence-electron chi connectivity index (χ0n) is 22.2. The van der Waals surface area contributed by atoms with E-state index >= 15 is 0 Å². The molecule has 6 rings (SSSR count). The average molecular weight is 705 g/mol. The predicted molar refractivity (Wildman–Crippen MR) is 175 cm³/mol. The first-order chi connectivity index (χ1) is 19.6. The number of hydrogen-bond acceptors (Lipinski definition) is 4. The van der Waals surface area contributed by atoms with E-state index in [1.165, 1.54) is 16.8 Å². The molecule has 40 heavy (non-hydrogen) atoms. The smallest absolute Gasteiger partial charge is 0.175 e. The predicted octanol–water partition coefficient (Wildman–Crippen LogP) is 9.61. The van der Waals surface area contributed by atoms with Gasteiger partial charge in [-0.05, 0) is 107 Å². The van der Waals surface area contributed by atoms with Gasteiger partial charge in [0.15, 0.2) is 11.5 Å². The van der Waals surface area contributed by atoms with Gasteiger partial charge in [-0.1, -0.05) is 70.5 Å². The van der Waals surface area contributed by atoms with Crippen molar-refractivity contribution in [3.63, 3.8) is 0 Å². The monoisotopic (exact) mass is 704 g/mol. The second-order valence-corrected chi connectivity index (χ2v) is 12.2. The molecule has 202 valence electrons. The van der Waals surface area contributed by atoms with Gasteiger partial charge in [-0.15, -0.1) is 0 Å². The van der Waals surface area contributed by atoms with Crippen LogP contribution in [0.25, 0.3) is 0 Å². The summed E-state index contributed by atoms with van der Waals surface area (Å²) in [4.78, 5) is 4.78. The number of aliphatic imine (C=N–C) groups is 1. The summed E-state index contributed by atoms with van der Waals surface area (Å²) >= 11 is 5.79. The Kier molecular flexibility index (Phi) is 8.25. The number of ether oxygens (including phenoxy) is 2. The number of nitrogens with one attached hydrogen (secondary N) is 1. The molecule has 0 fully saturated rings. The van der Waals surface area contributed by atoms with Crippen molar-refractivity contribution in [1.82, 2.24) is 0 Å². The average Bonchev–Trinajstić information content (AvgIpc) is 3.47. The largest absolute Gasteiger partial charge is 0.490 e. The molecule has 0 saturated heterocycles. The van der Waals surface area contributed by atoms with Gasteiger partial charge in [0, 0.05) is 22.3 Å². The summed E-state index contributed by atoms with van der Waals surface area (Å²) in [6, 6.07) is 29.8. The minimum atomic E-state index is 0.285. The molecule has 1 aliphatic carbocycles. The Morgan fingerprint density at radius 1 is 1.00 bits per heavy atom. The minimum Gasteiger partial charge on any atom is -0.490 e. The van der Waals surface area contributed by atoms with Crippen LogP contribution in [-0.4, -0.2) is 12.8 Å². The van der Waals surface area contributed by atoms with Crippen LogP contribution in [0.1, 0.15) is 47.6 Å². The highest BCUT2D eigenvalue weighted by Gasteiger charge is 2.37. The van der Waals surface area contributed by atoms with Crippen molar-refractivity contribution in [1.29, 1.82) is 0 Å². The molecule has 1 heterocycles. The summed E-state index contributed by atoms with van der Waals surface area (Å²) in [5, 5.41) is 3.81. The molecule has 0 saturated carbocycles. The van der Waals surface area contributed by atoms with Gasteiger partial charge in [0.25, 0.3) is 0 Å². The van der Waals surface area contributed by atoms with E-state index in [-0.39, 0.29) is 6.04 Å². The number of hydrogen-bond donors (Lipinski definition) is 1. The van der Waals surface area contributed by atoms with Crippen molar-refractivity contribution in [3.05, 3.63) is 127 Å². The fourth-order valence-corrected chi connectivity index (χ4v) is 6.64. The third kappa shape index (κ3) is 5.84. The number of nitrogens with zero attached hydrogens (tertiary/aromatic N) is 1. The molecule has 6 heteroatoms. The van der Waals surface area contributed by atoms with Gasteiger partial charge in [0.1, 0.15) is 6.61 Å². The number of benzene rings is 4. The standard InChI is InChI=1S/C34H30BrIN2O2/c1-2-39-32-19-23(18-30(36)34(32)40-21-22-10-14-25(35)15-11-22)20-37-26-16-12-24(13-17-26)33-29-8-5-7-27(29)28-6-3-4-9-31(28)38-33/h3-7,9-20,27,29,33,38H,2,8,21H2,1H3/t27-,29-,33+/m1/s1. The number of halogens is 2. The Balaban J connectivity index is 1.17.